The van der Waals surface area contributed by atoms with E-state index in [0.717, 1.165) is 5.52 Å². The van der Waals surface area contributed by atoms with Gasteiger partial charge in [0, 0.05) is 12.6 Å². The summed E-state index contributed by atoms with van der Waals surface area (Å²) in [6.45, 7) is 0. The van der Waals surface area contributed by atoms with E-state index in [4.69, 9.17) is 24.7 Å². The number of aromatic nitrogens is 1. The normalized spacial score (nSPS) is 10.7. The molecule has 0 saturated heterocycles. The number of hydrogen-bond donors (Lipinski definition) is 1. The Labute approximate surface area is 157 Å². The van der Waals surface area contributed by atoms with E-state index in [1.807, 2.05) is 18.2 Å². The van der Waals surface area contributed by atoms with Crippen LogP contribution in [0.25, 0.3) is 10.9 Å². The molecule has 0 bridgehead atoms. The molecule has 7 heteroatoms. The van der Waals surface area contributed by atoms with Gasteiger partial charge in [-0.15, -0.1) is 0 Å². The number of methoxy groups -OCH3 is 4. The van der Waals surface area contributed by atoms with Crippen LogP contribution in [0.4, 0.5) is 5.69 Å². The van der Waals surface area contributed by atoms with E-state index < -0.39 is 0 Å². The SMILES string of the molecule is COc1cc(C(=O)c2c(N)c3c(OC)cccc3n2C)cc(OC)c1OC. The zero-order chi connectivity index (χ0) is 19.7. The van der Waals surface area contributed by atoms with E-state index in [2.05, 4.69) is 0 Å². The molecule has 142 valence electrons. The average molecular weight is 370 g/mol. The molecule has 0 aliphatic rings. The van der Waals surface area contributed by atoms with Crippen molar-refractivity contribution in [2.24, 2.45) is 7.05 Å². The van der Waals surface area contributed by atoms with E-state index in [1.54, 1.807) is 30.9 Å². The van der Waals surface area contributed by atoms with Gasteiger partial charge in [0.25, 0.3) is 0 Å². The first-order valence-corrected chi connectivity index (χ1v) is 8.24. The molecule has 3 aromatic rings. The summed E-state index contributed by atoms with van der Waals surface area (Å²) in [5, 5.41) is 0.707. The highest BCUT2D eigenvalue weighted by Crippen LogP contribution is 2.40. The number of nitrogen functional groups attached to an aromatic ring is 1. The molecule has 1 heterocycles. The van der Waals surface area contributed by atoms with E-state index in [9.17, 15) is 4.79 Å². The van der Waals surface area contributed by atoms with Crippen molar-refractivity contribution in [1.29, 1.82) is 0 Å². The largest absolute Gasteiger partial charge is 0.496 e. The second-order valence-electron chi connectivity index (χ2n) is 5.92. The lowest BCUT2D eigenvalue weighted by Gasteiger charge is -2.14. The van der Waals surface area contributed by atoms with Gasteiger partial charge < -0.3 is 29.2 Å². The average Bonchev–Trinajstić information content (AvgIpc) is 2.96. The molecule has 1 aromatic heterocycles. The van der Waals surface area contributed by atoms with Crippen LogP contribution in [-0.2, 0) is 7.05 Å². The third-order valence-corrected chi connectivity index (χ3v) is 4.59. The minimum absolute atomic E-state index is 0.257. The van der Waals surface area contributed by atoms with Crippen molar-refractivity contribution in [3.05, 3.63) is 41.6 Å². The number of fused-ring (bicyclic) bond motifs is 1. The molecule has 0 radical (unpaired) electrons. The highest BCUT2D eigenvalue weighted by Gasteiger charge is 2.25. The van der Waals surface area contributed by atoms with E-state index in [1.165, 1.54) is 21.3 Å². The number of carbonyl (C=O) groups excluding carboxylic acids is 1. The lowest BCUT2D eigenvalue weighted by atomic mass is 10.0. The van der Waals surface area contributed by atoms with Crippen molar-refractivity contribution in [3.63, 3.8) is 0 Å². The van der Waals surface area contributed by atoms with Crippen LogP contribution in [-0.4, -0.2) is 38.8 Å². The Morgan fingerprint density at radius 1 is 0.926 bits per heavy atom. The van der Waals surface area contributed by atoms with Crippen molar-refractivity contribution in [1.82, 2.24) is 4.57 Å². The molecular weight excluding hydrogens is 348 g/mol. The summed E-state index contributed by atoms with van der Waals surface area (Å²) in [6.07, 6.45) is 0. The number of benzene rings is 2. The smallest absolute Gasteiger partial charge is 0.211 e. The first-order chi connectivity index (χ1) is 13.0. The maximum absolute atomic E-state index is 13.3. The van der Waals surface area contributed by atoms with Crippen molar-refractivity contribution in [3.8, 4) is 23.0 Å². The van der Waals surface area contributed by atoms with Crippen molar-refractivity contribution < 1.29 is 23.7 Å². The summed E-state index contributed by atoms with van der Waals surface area (Å²) < 4.78 is 23.2. The number of aryl methyl sites for hydroxylation is 1. The number of nitrogens with two attached hydrogens (primary N) is 1. The molecule has 0 atom stereocenters. The van der Waals surface area contributed by atoms with Crippen molar-refractivity contribution in [2.75, 3.05) is 34.2 Å². The standard InChI is InChI=1S/C20H22N2O5/c1-22-12-7-6-8-13(24-2)16(12)17(21)18(22)19(23)11-9-14(25-3)20(27-5)15(10-11)26-4/h6-10H,21H2,1-5H3. The lowest BCUT2D eigenvalue weighted by Crippen LogP contribution is -2.10. The predicted molar refractivity (Wildman–Crippen MR) is 103 cm³/mol. The molecule has 27 heavy (non-hydrogen) atoms. The Kier molecular flexibility index (Phi) is 4.85. The molecule has 0 amide bonds. The van der Waals surface area contributed by atoms with Crippen LogP contribution in [0, 0.1) is 0 Å². The minimum atomic E-state index is -0.257. The number of ether oxygens (including phenoxy) is 4. The number of nitrogens with zero attached hydrogens (tertiary/aromatic N) is 1. The fourth-order valence-electron chi connectivity index (χ4n) is 3.28. The number of rotatable bonds is 6. The fraction of sp³-hybridized carbons (Fsp3) is 0.250. The molecule has 0 spiro atoms. The Bertz CT molecular complexity index is 998. The summed E-state index contributed by atoms with van der Waals surface area (Å²) in [6, 6.07) is 8.77. The van der Waals surface area contributed by atoms with Gasteiger partial charge in [0.05, 0.1) is 45.0 Å². The summed E-state index contributed by atoms with van der Waals surface area (Å²) in [5.74, 6) is 1.57. The second kappa shape index (κ2) is 7.11. The Hall–Kier alpha value is -3.35. The Balaban J connectivity index is 2.23. The van der Waals surface area contributed by atoms with Crippen LogP contribution in [0.2, 0.25) is 0 Å². The molecule has 2 aromatic carbocycles. The molecule has 0 aliphatic carbocycles. The van der Waals surface area contributed by atoms with Gasteiger partial charge in [-0.3, -0.25) is 4.79 Å². The van der Waals surface area contributed by atoms with Gasteiger partial charge >= 0.3 is 0 Å². The molecule has 7 nitrogen and oxygen atoms in total. The van der Waals surface area contributed by atoms with Gasteiger partial charge in [0.2, 0.25) is 11.5 Å². The quantitative estimate of drug-likeness (QED) is 0.672. The molecule has 0 unspecified atom stereocenters. The topological polar surface area (TPSA) is 84.9 Å². The molecule has 0 saturated carbocycles. The van der Waals surface area contributed by atoms with Gasteiger partial charge in [0.1, 0.15) is 11.4 Å². The highest BCUT2D eigenvalue weighted by atomic mass is 16.5. The maximum atomic E-state index is 13.3. The van der Waals surface area contributed by atoms with Crippen LogP contribution in [0.5, 0.6) is 23.0 Å². The maximum Gasteiger partial charge on any atom is 0.211 e. The monoisotopic (exact) mass is 370 g/mol. The molecule has 0 aliphatic heterocycles. The Morgan fingerprint density at radius 3 is 2.04 bits per heavy atom. The van der Waals surface area contributed by atoms with E-state index in [0.29, 0.717) is 45.3 Å². The number of hydrogen-bond acceptors (Lipinski definition) is 6. The molecular formula is C20H22N2O5. The second-order valence-corrected chi connectivity index (χ2v) is 5.92. The molecule has 2 N–H and O–H groups in total. The summed E-state index contributed by atoms with van der Waals surface area (Å²) in [4.78, 5) is 13.3. The highest BCUT2D eigenvalue weighted by molar-refractivity contribution is 6.17. The summed E-state index contributed by atoms with van der Waals surface area (Å²) >= 11 is 0. The van der Waals surface area contributed by atoms with E-state index >= 15 is 0 Å². The minimum Gasteiger partial charge on any atom is -0.496 e. The summed E-state index contributed by atoms with van der Waals surface area (Å²) in [7, 11) is 7.88. The van der Waals surface area contributed by atoms with Gasteiger partial charge in [-0.05, 0) is 24.3 Å². The first kappa shape index (κ1) is 18.4. The first-order valence-electron chi connectivity index (χ1n) is 8.24. The Morgan fingerprint density at radius 2 is 1.52 bits per heavy atom. The van der Waals surface area contributed by atoms with Crippen LogP contribution in [0.1, 0.15) is 16.1 Å². The number of carbonyl (C=O) groups is 1. The zero-order valence-electron chi connectivity index (χ0n) is 16.0. The van der Waals surface area contributed by atoms with Crippen molar-refractivity contribution in [2.45, 2.75) is 0 Å². The zero-order valence-corrected chi connectivity index (χ0v) is 16.0. The van der Waals surface area contributed by atoms with Crippen LogP contribution >= 0.6 is 0 Å². The van der Waals surface area contributed by atoms with Crippen LogP contribution < -0.4 is 24.7 Å². The third kappa shape index (κ3) is 2.81. The van der Waals surface area contributed by atoms with Gasteiger partial charge in [-0.25, -0.2) is 0 Å². The van der Waals surface area contributed by atoms with Crippen LogP contribution in [0.15, 0.2) is 30.3 Å². The molecule has 0 fully saturated rings. The predicted octanol–water partition coefficient (Wildman–Crippen LogP) is 3.03. The number of ketones is 1. The fourth-order valence-corrected chi connectivity index (χ4v) is 3.28. The van der Waals surface area contributed by atoms with Gasteiger partial charge in [0.15, 0.2) is 11.5 Å². The summed E-state index contributed by atoms with van der Waals surface area (Å²) in [5.41, 5.74) is 8.26. The molecule has 3 rings (SSSR count). The number of anilines is 1. The lowest BCUT2D eigenvalue weighted by molar-refractivity contribution is 0.103. The van der Waals surface area contributed by atoms with Gasteiger partial charge in [-0.1, -0.05) is 6.07 Å². The van der Waals surface area contributed by atoms with Gasteiger partial charge in [-0.2, -0.15) is 0 Å². The van der Waals surface area contributed by atoms with Crippen LogP contribution in [0.3, 0.4) is 0 Å². The van der Waals surface area contributed by atoms with Crippen molar-refractivity contribution >= 4 is 22.4 Å². The van der Waals surface area contributed by atoms with E-state index in [-0.39, 0.29) is 5.78 Å². The third-order valence-electron chi connectivity index (χ3n) is 4.59.